The van der Waals surface area contributed by atoms with E-state index in [1.807, 2.05) is 42.5 Å². The van der Waals surface area contributed by atoms with E-state index in [1.165, 1.54) is 24.3 Å². The van der Waals surface area contributed by atoms with Gasteiger partial charge >= 0.3 is 0 Å². The van der Waals surface area contributed by atoms with Crippen LogP contribution < -0.4 is 5.06 Å². The standard InChI is InChI=1S/C23H28N2O2/c1-2-3-4-5-9-18-27-25(23(26)21-14-7-6-8-15-21)22-16-10-12-20(19-22)13-11-17-24/h6-8,10,12,14-16,19H,2-5,9,11,13,18H2,1H3. The second-order valence-corrected chi connectivity index (χ2v) is 6.54. The summed E-state index contributed by atoms with van der Waals surface area (Å²) in [7, 11) is 0. The zero-order chi connectivity index (χ0) is 19.3. The Morgan fingerprint density at radius 3 is 2.56 bits per heavy atom. The molecule has 0 N–H and O–H groups in total. The number of rotatable bonds is 11. The third-order valence-electron chi connectivity index (χ3n) is 4.34. The third kappa shape index (κ3) is 6.88. The van der Waals surface area contributed by atoms with Crippen molar-refractivity contribution in [1.82, 2.24) is 0 Å². The molecule has 0 aromatic heterocycles. The molecule has 0 atom stereocenters. The molecule has 0 aliphatic heterocycles. The number of carbonyl (C=O) groups excluding carboxylic acids is 1. The Bertz CT molecular complexity index is 738. The van der Waals surface area contributed by atoms with Crippen molar-refractivity contribution >= 4 is 11.6 Å². The molecular formula is C23H28N2O2. The second kappa shape index (κ2) is 11.9. The number of hydroxylamine groups is 1. The van der Waals surface area contributed by atoms with Gasteiger partial charge in [-0.2, -0.15) is 10.3 Å². The first-order valence-corrected chi connectivity index (χ1v) is 9.74. The average Bonchev–Trinajstić information content (AvgIpc) is 2.72. The molecule has 4 heteroatoms. The van der Waals surface area contributed by atoms with E-state index in [2.05, 4.69) is 13.0 Å². The third-order valence-corrected chi connectivity index (χ3v) is 4.34. The van der Waals surface area contributed by atoms with E-state index in [1.54, 1.807) is 12.1 Å². The van der Waals surface area contributed by atoms with Gasteiger partial charge in [0.25, 0.3) is 5.91 Å². The smallest absolute Gasteiger partial charge is 0.266 e. The highest BCUT2D eigenvalue weighted by atomic mass is 16.7. The Labute approximate surface area is 162 Å². The van der Waals surface area contributed by atoms with Gasteiger partial charge in [-0.3, -0.25) is 9.63 Å². The minimum absolute atomic E-state index is 0.179. The Kier molecular flexibility index (Phi) is 9.09. The zero-order valence-electron chi connectivity index (χ0n) is 16.1. The molecule has 4 nitrogen and oxygen atoms in total. The summed E-state index contributed by atoms with van der Waals surface area (Å²) in [4.78, 5) is 18.9. The highest BCUT2D eigenvalue weighted by molar-refractivity contribution is 6.04. The quantitative estimate of drug-likeness (QED) is 0.380. The molecule has 0 bridgehead atoms. The van der Waals surface area contributed by atoms with Crippen LogP contribution in [0.1, 0.15) is 61.4 Å². The molecule has 2 aromatic rings. The molecule has 0 aliphatic rings. The monoisotopic (exact) mass is 364 g/mol. The average molecular weight is 364 g/mol. The zero-order valence-corrected chi connectivity index (χ0v) is 16.1. The first kappa shape index (κ1) is 20.7. The molecule has 0 unspecified atom stereocenters. The molecule has 0 heterocycles. The summed E-state index contributed by atoms with van der Waals surface area (Å²) < 4.78 is 0. The van der Waals surface area contributed by atoms with E-state index >= 15 is 0 Å². The fourth-order valence-corrected chi connectivity index (χ4v) is 2.85. The summed E-state index contributed by atoms with van der Waals surface area (Å²) in [6.07, 6.45) is 6.76. The number of carbonyl (C=O) groups is 1. The molecule has 1 amide bonds. The lowest BCUT2D eigenvalue weighted by molar-refractivity contribution is 0.0637. The van der Waals surface area contributed by atoms with Gasteiger partial charge < -0.3 is 0 Å². The van der Waals surface area contributed by atoms with Crippen LogP contribution in [0.3, 0.4) is 0 Å². The molecule has 142 valence electrons. The van der Waals surface area contributed by atoms with Crippen molar-refractivity contribution in [2.24, 2.45) is 0 Å². The van der Waals surface area contributed by atoms with Crippen LogP contribution in [0.5, 0.6) is 0 Å². The van der Waals surface area contributed by atoms with Crippen molar-refractivity contribution in [3.8, 4) is 6.07 Å². The van der Waals surface area contributed by atoms with E-state index in [9.17, 15) is 4.79 Å². The number of hydrogen-bond acceptors (Lipinski definition) is 3. The van der Waals surface area contributed by atoms with Crippen LogP contribution in [0.2, 0.25) is 0 Å². The van der Waals surface area contributed by atoms with Crippen LogP contribution >= 0.6 is 0 Å². The molecular weight excluding hydrogens is 336 g/mol. The molecule has 2 rings (SSSR count). The molecule has 0 saturated heterocycles. The number of unbranched alkanes of at least 4 members (excludes halogenated alkanes) is 4. The minimum Gasteiger partial charge on any atom is -0.266 e. The maximum Gasteiger partial charge on any atom is 0.282 e. The van der Waals surface area contributed by atoms with Crippen LogP contribution in [0, 0.1) is 11.3 Å². The van der Waals surface area contributed by atoms with Crippen LogP contribution in [0.4, 0.5) is 5.69 Å². The molecule has 0 radical (unpaired) electrons. The van der Waals surface area contributed by atoms with Crippen molar-refractivity contribution < 1.29 is 9.63 Å². The van der Waals surface area contributed by atoms with Crippen LogP contribution in [0.25, 0.3) is 0 Å². The Morgan fingerprint density at radius 2 is 1.81 bits per heavy atom. The molecule has 0 aliphatic carbocycles. The van der Waals surface area contributed by atoms with Crippen LogP contribution in [0.15, 0.2) is 54.6 Å². The SMILES string of the molecule is CCCCCCCON(C(=O)c1ccccc1)c1cccc(CCC#N)c1. The fourth-order valence-electron chi connectivity index (χ4n) is 2.85. The van der Waals surface area contributed by atoms with E-state index < -0.39 is 0 Å². The van der Waals surface area contributed by atoms with Crippen LogP contribution in [-0.4, -0.2) is 12.5 Å². The van der Waals surface area contributed by atoms with Gasteiger partial charge in [0.15, 0.2) is 0 Å². The summed E-state index contributed by atoms with van der Waals surface area (Å²) in [5.41, 5.74) is 2.31. The molecule has 27 heavy (non-hydrogen) atoms. The van der Waals surface area contributed by atoms with Gasteiger partial charge in [0, 0.05) is 12.0 Å². The molecule has 0 saturated carbocycles. The van der Waals surface area contributed by atoms with Crippen molar-refractivity contribution in [3.63, 3.8) is 0 Å². The maximum atomic E-state index is 13.0. The Balaban J connectivity index is 2.11. The highest BCUT2D eigenvalue weighted by Gasteiger charge is 2.19. The predicted octanol–water partition coefficient (Wildman–Crippen LogP) is 5.69. The lowest BCUT2D eigenvalue weighted by Gasteiger charge is -2.22. The van der Waals surface area contributed by atoms with Gasteiger partial charge in [0.05, 0.1) is 18.4 Å². The minimum atomic E-state index is -0.179. The largest absolute Gasteiger partial charge is 0.282 e. The van der Waals surface area contributed by atoms with Gasteiger partial charge in [0.1, 0.15) is 0 Å². The van der Waals surface area contributed by atoms with Gasteiger partial charge in [0.2, 0.25) is 0 Å². The van der Waals surface area contributed by atoms with Crippen molar-refractivity contribution in [1.29, 1.82) is 5.26 Å². The van der Waals surface area contributed by atoms with Crippen molar-refractivity contribution in [2.45, 2.75) is 51.9 Å². The lowest BCUT2D eigenvalue weighted by atomic mass is 10.1. The first-order chi connectivity index (χ1) is 13.3. The highest BCUT2D eigenvalue weighted by Crippen LogP contribution is 2.21. The van der Waals surface area contributed by atoms with E-state index in [0.717, 1.165) is 18.4 Å². The normalized spacial score (nSPS) is 10.4. The van der Waals surface area contributed by atoms with Crippen LogP contribution in [-0.2, 0) is 11.3 Å². The summed E-state index contributed by atoms with van der Waals surface area (Å²) in [6.45, 7) is 2.70. The van der Waals surface area contributed by atoms with Crippen molar-refractivity contribution in [2.75, 3.05) is 11.7 Å². The van der Waals surface area contributed by atoms with Gasteiger partial charge in [-0.05, 0) is 42.7 Å². The first-order valence-electron chi connectivity index (χ1n) is 9.74. The number of aryl methyl sites for hydroxylation is 1. The fraction of sp³-hybridized carbons (Fsp3) is 0.391. The summed E-state index contributed by atoms with van der Waals surface area (Å²) in [5.74, 6) is -0.179. The van der Waals surface area contributed by atoms with Gasteiger partial charge in [-0.1, -0.05) is 62.9 Å². The number of nitrogens with zero attached hydrogens (tertiary/aromatic N) is 2. The van der Waals surface area contributed by atoms with E-state index in [-0.39, 0.29) is 5.91 Å². The Hall–Kier alpha value is -2.64. The lowest BCUT2D eigenvalue weighted by Crippen LogP contribution is -2.31. The summed E-state index contributed by atoms with van der Waals surface area (Å²) in [5, 5.41) is 10.2. The number of amides is 1. The summed E-state index contributed by atoms with van der Waals surface area (Å²) >= 11 is 0. The molecule has 0 spiro atoms. The number of anilines is 1. The van der Waals surface area contributed by atoms with Gasteiger partial charge in [-0.25, -0.2) is 0 Å². The number of benzene rings is 2. The summed E-state index contributed by atoms with van der Waals surface area (Å²) in [6, 6.07) is 19.0. The second-order valence-electron chi connectivity index (χ2n) is 6.54. The Morgan fingerprint density at radius 1 is 1.04 bits per heavy atom. The molecule has 0 fully saturated rings. The maximum absolute atomic E-state index is 13.0. The topological polar surface area (TPSA) is 53.3 Å². The van der Waals surface area contributed by atoms with E-state index in [4.69, 9.17) is 10.1 Å². The number of nitriles is 1. The van der Waals surface area contributed by atoms with E-state index in [0.29, 0.717) is 30.7 Å². The predicted molar refractivity (Wildman–Crippen MR) is 108 cm³/mol. The van der Waals surface area contributed by atoms with Gasteiger partial charge in [-0.15, -0.1) is 0 Å². The molecule has 2 aromatic carbocycles. The number of hydrogen-bond donors (Lipinski definition) is 0. The van der Waals surface area contributed by atoms with Crippen molar-refractivity contribution in [3.05, 3.63) is 65.7 Å².